The summed E-state index contributed by atoms with van der Waals surface area (Å²) in [5.41, 5.74) is 7.00. The molecule has 2 unspecified atom stereocenters. The number of nitrogen functional groups attached to an aromatic ring is 1. The third kappa shape index (κ3) is 1.60. The van der Waals surface area contributed by atoms with E-state index < -0.39 is 0 Å². The molecule has 14 heavy (non-hydrogen) atoms. The lowest BCUT2D eigenvalue weighted by Crippen LogP contribution is -2.16. The minimum absolute atomic E-state index is 0.321. The standard InChI is InChI=1S/C11H16N2O/c1-14-10-6-2-4-8(10)9-5-3-7-13-11(9)12/h3,5,7-8,10H,2,4,6H2,1H3,(H2,12,13). The lowest BCUT2D eigenvalue weighted by atomic mass is 9.96. The third-order valence-corrected chi connectivity index (χ3v) is 3.03. The van der Waals surface area contributed by atoms with Gasteiger partial charge in [-0.15, -0.1) is 0 Å². The highest BCUT2D eigenvalue weighted by atomic mass is 16.5. The van der Waals surface area contributed by atoms with Crippen LogP contribution in [0.5, 0.6) is 0 Å². The smallest absolute Gasteiger partial charge is 0.126 e. The summed E-state index contributed by atoms with van der Waals surface area (Å²) in [4.78, 5) is 4.11. The summed E-state index contributed by atoms with van der Waals surface area (Å²) in [5.74, 6) is 1.09. The zero-order valence-corrected chi connectivity index (χ0v) is 8.44. The van der Waals surface area contributed by atoms with Crippen molar-refractivity contribution in [2.24, 2.45) is 0 Å². The monoisotopic (exact) mass is 192 g/mol. The van der Waals surface area contributed by atoms with E-state index in [1.807, 2.05) is 6.07 Å². The van der Waals surface area contributed by atoms with Crippen LogP contribution in [-0.4, -0.2) is 18.2 Å². The molecule has 0 saturated heterocycles. The van der Waals surface area contributed by atoms with E-state index in [0.717, 1.165) is 18.4 Å². The van der Waals surface area contributed by atoms with E-state index in [-0.39, 0.29) is 0 Å². The van der Waals surface area contributed by atoms with Crippen LogP contribution >= 0.6 is 0 Å². The Labute approximate surface area is 84.3 Å². The Morgan fingerprint density at radius 3 is 3.07 bits per heavy atom. The highest BCUT2D eigenvalue weighted by Gasteiger charge is 2.29. The number of hydrogen-bond donors (Lipinski definition) is 1. The van der Waals surface area contributed by atoms with Gasteiger partial charge in [0.25, 0.3) is 0 Å². The molecule has 1 aliphatic carbocycles. The number of ether oxygens (including phenoxy) is 1. The van der Waals surface area contributed by atoms with Crippen molar-refractivity contribution in [1.82, 2.24) is 4.98 Å². The Morgan fingerprint density at radius 1 is 1.50 bits per heavy atom. The summed E-state index contributed by atoms with van der Waals surface area (Å²) in [6, 6.07) is 4.00. The third-order valence-electron chi connectivity index (χ3n) is 3.03. The van der Waals surface area contributed by atoms with Gasteiger partial charge in [0.2, 0.25) is 0 Å². The van der Waals surface area contributed by atoms with Crippen LogP contribution in [0.1, 0.15) is 30.7 Å². The molecule has 2 N–H and O–H groups in total. The average molecular weight is 192 g/mol. The molecule has 2 rings (SSSR count). The molecule has 1 aromatic rings. The molecule has 3 heteroatoms. The molecule has 0 radical (unpaired) electrons. The predicted octanol–water partition coefficient (Wildman–Crippen LogP) is 1.95. The summed E-state index contributed by atoms with van der Waals surface area (Å²) in [6.07, 6.45) is 5.57. The van der Waals surface area contributed by atoms with Gasteiger partial charge in [-0.05, 0) is 24.5 Å². The van der Waals surface area contributed by atoms with E-state index in [9.17, 15) is 0 Å². The van der Waals surface area contributed by atoms with Crippen molar-refractivity contribution < 1.29 is 4.74 Å². The fraction of sp³-hybridized carbons (Fsp3) is 0.545. The Bertz CT molecular complexity index is 314. The summed E-state index contributed by atoms with van der Waals surface area (Å²) >= 11 is 0. The first-order valence-corrected chi connectivity index (χ1v) is 5.06. The van der Waals surface area contributed by atoms with Crippen LogP contribution in [-0.2, 0) is 4.74 Å². The molecule has 3 nitrogen and oxygen atoms in total. The van der Waals surface area contributed by atoms with Crippen molar-refractivity contribution in [3.8, 4) is 0 Å². The Kier molecular flexibility index (Phi) is 2.68. The maximum atomic E-state index is 5.85. The molecule has 0 aromatic carbocycles. The van der Waals surface area contributed by atoms with Crippen molar-refractivity contribution in [3.05, 3.63) is 23.9 Å². The van der Waals surface area contributed by atoms with E-state index in [1.165, 1.54) is 6.42 Å². The Balaban J connectivity index is 2.26. The zero-order chi connectivity index (χ0) is 9.97. The maximum absolute atomic E-state index is 5.85. The summed E-state index contributed by atoms with van der Waals surface area (Å²) in [5, 5.41) is 0. The zero-order valence-electron chi connectivity index (χ0n) is 8.44. The molecular weight excluding hydrogens is 176 g/mol. The van der Waals surface area contributed by atoms with Crippen molar-refractivity contribution in [3.63, 3.8) is 0 Å². The van der Waals surface area contributed by atoms with E-state index in [4.69, 9.17) is 10.5 Å². The van der Waals surface area contributed by atoms with Gasteiger partial charge in [-0.1, -0.05) is 12.5 Å². The Morgan fingerprint density at radius 2 is 2.36 bits per heavy atom. The normalized spacial score (nSPS) is 26.6. The predicted molar refractivity (Wildman–Crippen MR) is 56.0 cm³/mol. The topological polar surface area (TPSA) is 48.1 Å². The van der Waals surface area contributed by atoms with Crippen LogP contribution < -0.4 is 5.73 Å². The van der Waals surface area contributed by atoms with Crippen LogP contribution in [0.4, 0.5) is 5.82 Å². The molecule has 0 aliphatic heterocycles. The fourth-order valence-electron chi connectivity index (χ4n) is 2.31. The van der Waals surface area contributed by atoms with Gasteiger partial charge in [0.1, 0.15) is 5.82 Å². The second kappa shape index (κ2) is 3.96. The van der Waals surface area contributed by atoms with E-state index in [1.54, 1.807) is 13.3 Å². The number of aromatic nitrogens is 1. The lowest BCUT2D eigenvalue weighted by Gasteiger charge is -2.19. The van der Waals surface area contributed by atoms with Crippen LogP contribution in [0, 0.1) is 0 Å². The number of methoxy groups -OCH3 is 1. The SMILES string of the molecule is COC1CCCC1c1cccnc1N. The maximum Gasteiger partial charge on any atom is 0.126 e. The molecular formula is C11H16N2O. The van der Waals surface area contributed by atoms with Crippen molar-refractivity contribution in [2.45, 2.75) is 31.3 Å². The highest BCUT2D eigenvalue weighted by molar-refractivity contribution is 5.42. The van der Waals surface area contributed by atoms with Crippen molar-refractivity contribution in [1.29, 1.82) is 0 Å². The first-order valence-electron chi connectivity index (χ1n) is 5.06. The first-order chi connectivity index (χ1) is 6.83. The minimum atomic E-state index is 0.321. The van der Waals surface area contributed by atoms with Gasteiger partial charge in [-0.25, -0.2) is 4.98 Å². The number of anilines is 1. The molecule has 0 bridgehead atoms. The molecule has 0 spiro atoms. The van der Waals surface area contributed by atoms with Gasteiger partial charge in [-0.2, -0.15) is 0 Å². The Hall–Kier alpha value is -1.09. The van der Waals surface area contributed by atoms with E-state index >= 15 is 0 Å². The van der Waals surface area contributed by atoms with Crippen LogP contribution in [0.15, 0.2) is 18.3 Å². The van der Waals surface area contributed by atoms with E-state index in [0.29, 0.717) is 17.8 Å². The lowest BCUT2D eigenvalue weighted by molar-refractivity contribution is 0.0946. The van der Waals surface area contributed by atoms with Gasteiger partial charge in [0, 0.05) is 19.2 Å². The summed E-state index contributed by atoms with van der Waals surface area (Å²) < 4.78 is 5.45. The molecule has 0 amide bonds. The molecule has 1 aromatic heterocycles. The second-order valence-corrected chi connectivity index (χ2v) is 3.79. The molecule has 1 aliphatic rings. The number of rotatable bonds is 2. The number of nitrogens with two attached hydrogens (primary N) is 1. The van der Waals surface area contributed by atoms with Crippen LogP contribution in [0.25, 0.3) is 0 Å². The number of pyridine rings is 1. The van der Waals surface area contributed by atoms with Gasteiger partial charge in [0.05, 0.1) is 6.10 Å². The molecule has 1 saturated carbocycles. The highest BCUT2D eigenvalue weighted by Crippen LogP contribution is 2.37. The van der Waals surface area contributed by atoms with Gasteiger partial charge >= 0.3 is 0 Å². The molecule has 1 heterocycles. The van der Waals surface area contributed by atoms with Crippen molar-refractivity contribution >= 4 is 5.82 Å². The number of nitrogens with zero attached hydrogens (tertiary/aromatic N) is 1. The van der Waals surface area contributed by atoms with Crippen molar-refractivity contribution in [2.75, 3.05) is 12.8 Å². The second-order valence-electron chi connectivity index (χ2n) is 3.79. The average Bonchev–Trinajstić information content (AvgIpc) is 2.66. The van der Waals surface area contributed by atoms with Gasteiger partial charge in [0.15, 0.2) is 0 Å². The summed E-state index contributed by atoms with van der Waals surface area (Å²) in [6.45, 7) is 0. The molecule has 1 fully saturated rings. The van der Waals surface area contributed by atoms with Crippen LogP contribution in [0.2, 0.25) is 0 Å². The van der Waals surface area contributed by atoms with Gasteiger partial charge < -0.3 is 10.5 Å². The minimum Gasteiger partial charge on any atom is -0.383 e. The quantitative estimate of drug-likeness (QED) is 0.779. The fourth-order valence-corrected chi connectivity index (χ4v) is 2.31. The summed E-state index contributed by atoms with van der Waals surface area (Å²) in [7, 11) is 1.77. The largest absolute Gasteiger partial charge is 0.383 e. The molecule has 76 valence electrons. The van der Waals surface area contributed by atoms with Gasteiger partial charge in [-0.3, -0.25) is 0 Å². The van der Waals surface area contributed by atoms with E-state index in [2.05, 4.69) is 11.1 Å². The number of hydrogen-bond acceptors (Lipinski definition) is 3. The first kappa shape index (κ1) is 9.46. The van der Waals surface area contributed by atoms with Crippen LogP contribution in [0.3, 0.4) is 0 Å². The molecule has 2 atom stereocenters.